The van der Waals surface area contributed by atoms with Crippen LogP contribution in [0.4, 0.5) is 0 Å². The van der Waals surface area contributed by atoms with Crippen LogP contribution in [0.2, 0.25) is 0 Å². The van der Waals surface area contributed by atoms with Crippen LogP contribution in [0.3, 0.4) is 0 Å². The Labute approximate surface area is 182 Å². The number of allylic oxidation sites excluding steroid dienone is 6. The van der Waals surface area contributed by atoms with Gasteiger partial charge in [0.25, 0.3) is 0 Å². The van der Waals surface area contributed by atoms with E-state index >= 15 is 0 Å². The summed E-state index contributed by atoms with van der Waals surface area (Å²) in [6.07, 6.45) is 12.1. The SMILES string of the molecule is C1=CC=C2CC(=C1)C=c1ccccc1=C2c1ccc(-c2cccc3ccccc23)cc1. The van der Waals surface area contributed by atoms with E-state index in [1.807, 2.05) is 0 Å². The van der Waals surface area contributed by atoms with Gasteiger partial charge in [-0.2, -0.15) is 0 Å². The van der Waals surface area contributed by atoms with Gasteiger partial charge in [-0.15, -0.1) is 0 Å². The van der Waals surface area contributed by atoms with Crippen LogP contribution < -0.4 is 10.4 Å². The molecule has 0 saturated carbocycles. The van der Waals surface area contributed by atoms with Gasteiger partial charge < -0.3 is 0 Å². The summed E-state index contributed by atoms with van der Waals surface area (Å²) >= 11 is 0. The molecule has 0 fully saturated rings. The lowest BCUT2D eigenvalue weighted by molar-refractivity contribution is 1.25. The van der Waals surface area contributed by atoms with Gasteiger partial charge in [0.2, 0.25) is 0 Å². The smallest absolute Gasteiger partial charge is 0.00192 e. The molecule has 0 unspecified atom stereocenters. The average Bonchev–Trinajstić information content (AvgIpc) is 3.15. The molecule has 4 aromatic carbocycles. The average molecular weight is 395 g/mol. The standard InChI is InChI=1S/C31H22/c1-2-11-27-21-22(8-1)20-26-10-4-6-14-30(26)31(27)25-18-16-24(17-19-25)29-15-7-12-23-9-3-5-13-28(23)29/h1-20H,21H2. The van der Waals surface area contributed by atoms with Crippen LogP contribution in [0.1, 0.15) is 12.0 Å². The Balaban J connectivity index is 1.55. The van der Waals surface area contributed by atoms with E-state index in [4.69, 9.17) is 0 Å². The van der Waals surface area contributed by atoms with Crippen molar-refractivity contribution >= 4 is 22.4 Å². The Morgan fingerprint density at radius 1 is 0.581 bits per heavy atom. The number of fused-ring (bicyclic) bond motifs is 4. The lowest BCUT2D eigenvalue weighted by atomic mass is 9.91. The molecule has 0 atom stereocenters. The van der Waals surface area contributed by atoms with Crippen molar-refractivity contribution in [2.24, 2.45) is 0 Å². The van der Waals surface area contributed by atoms with Gasteiger partial charge >= 0.3 is 0 Å². The number of hydrogen-bond acceptors (Lipinski definition) is 0. The fourth-order valence-electron chi connectivity index (χ4n) is 4.82. The first kappa shape index (κ1) is 17.9. The Morgan fingerprint density at radius 3 is 2.26 bits per heavy atom. The largest absolute Gasteiger partial charge is 0.0620 e. The molecular weight excluding hydrogens is 372 g/mol. The summed E-state index contributed by atoms with van der Waals surface area (Å²) in [5.74, 6) is 0. The highest BCUT2D eigenvalue weighted by atomic mass is 14.2. The maximum Gasteiger partial charge on any atom is -0.00192 e. The first-order valence-corrected chi connectivity index (χ1v) is 10.8. The lowest BCUT2D eigenvalue weighted by Crippen LogP contribution is -2.26. The van der Waals surface area contributed by atoms with E-state index in [1.54, 1.807) is 0 Å². The van der Waals surface area contributed by atoms with Crippen LogP contribution in [0, 0.1) is 0 Å². The van der Waals surface area contributed by atoms with Gasteiger partial charge in [0.05, 0.1) is 0 Å². The third kappa shape index (κ3) is 3.17. The van der Waals surface area contributed by atoms with Crippen molar-refractivity contribution in [1.82, 2.24) is 0 Å². The van der Waals surface area contributed by atoms with Gasteiger partial charge in [-0.05, 0) is 61.0 Å². The third-order valence-electron chi connectivity index (χ3n) is 6.28. The summed E-state index contributed by atoms with van der Waals surface area (Å²) in [6.45, 7) is 0. The topological polar surface area (TPSA) is 0 Å². The second-order valence-electron chi connectivity index (χ2n) is 8.21. The number of hydrogen-bond donors (Lipinski definition) is 0. The van der Waals surface area contributed by atoms with E-state index in [0.717, 1.165) is 6.42 Å². The quantitative estimate of drug-likeness (QED) is 0.374. The van der Waals surface area contributed by atoms with E-state index in [2.05, 4.69) is 121 Å². The summed E-state index contributed by atoms with van der Waals surface area (Å²) in [6, 6.07) is 33.0. The number of benzene rings is 4. The Bertz CT molecular complexity index is 1520. The molecule has 4 aromatic rings. The third-order valence-corrected chi connectivity index (χ3v) is 6.28. The van der Waals surface area contributed by atoms with E-state index in [9.17, 15) is 0 Å². The molecule has 0 aromatic heterocycles. The minimum Gasteiger partial charge on any atom is -0.0620 e. The fourth-order valence-corrected chi connectivity index (χ4v) is 4.82. The Morgan fingerprint density at radius 2 is 1.32 bits per heavy atom. The monoisotopic (exact) mass is 394 g/mol. The van der Waals surface area contributed by atoms with Gasteiger partial charge in [0, 0.05) is 0 Å². The summed E-state index contributed by atoms with van der Waals surface area (Å²) < 4.78 is 0. The van der Waals surface area contributed by atoms with Gasteiger partial charge in [-0.25, -0.2) is 0 Å². The first-order chi connectivity index (χ1) is 15.4. The maximum absolute atomic E-state index is 2.33. The Hall–Kier alpha value is -3.90. The minimum absolute atomic E-state index is 0.960. The van der Waals surface area contributed by atoms with E-state index in [1.165, 1.54) is 54.6 Å². The van der Waals surface area contributed by atoms with Crippen LogP contribution in [0.5, 0.6) is 0 Å². The van der Waals surface area contributed by atoms with Crippen molar-refractivity contribution in [2.45, 2.75) is 6.42 Å². The molecule has 2 aliphatic carbocycles. The van der Waals surface area contributed by atoms with Crippen LogP contribution in [-0.2, 0) is 0 Å². The highest BCUT2D eigenvalue weighted by Crippen LogP contribution is 2.32. The van der Waals surface area contributed by atoms with Crippen molar-refractivity contribution in [1.29, 1.82) is 0 Å². The summed E-state index contributed by atoms with van der Waals surface area (Å²) in [4.78, 5) is 0. The lowest BCUT2D eigenvalue weighted by Gasteiger charge is -2.13. The molecule has 2 aliphatic rings. The Kier molecular flexibility index (Phi) is 4.28. The van der Waals surface area contributed by atoms with Crippen molar-refractivity contribution in [2.75, 3.05) is 0 Å². The molecule has 0 N–H and O–H groups in total. The molecule has 0 heterocycles. The van der Waals surface area contributed by atoms with Crippen molar-refractivity contribution in [3.63, 3.8) is 0 Å². The molecule has 2 bridgehead atoms. The summed E-state index contributed by atoms with van der Waals surface area (Å²) in [5.41, 5.74) is 7.88. The maximum atomic E-state index is 2.33. The predicted molar refractivity (Wildman–Crippen MR) is 132 cm³/mol. The summed E-state index contributed by atoms with van der Waals surface area (Å²) in [7, 11) is 0. The highest BCUT2D eigenvalue weighted by molar-refractivity contribution is 5.97. The van der Waals surface area contributed by atoms with Gasteiger partial charge in [-0.1, -0.05) is 121 Å². The van der Waals surface area contributed by atoms with Crippen molar-refractivity contribution < 1.29 is 0 Å². The molecule has 0 saturated heterocycles. The minimum atomic E-state index is 0.960. The second-order valence-corrected chi connectivity index (χ2v) is 8.21. The first-order valence-electron chi connectivity index (χ1n) is 10.8. The van der Waals surface area contributed by atoms with E-state index < -0.39 is 0 Å². The van der Waals surface area contributed by atoms with Crippen LogP contribution in [-0.4, -0.2) is 0 Å². The molecule has 6 rings (SSSR count). The van der Waals surface area contributed by atoms with Crippen LogP contribution in [0.15, 0.2) is 126 Å². The van der Waals surface area contributed by atoms with Gasteiger partial charge in [0.1, 0.15) is 0 Å². The highest BCUT2D eigenvalue weighted by Gasteiger charge is 2.15. The molecular formula is C31H22. The van der Waals surface area contributed by atoms with Gasteiger partial charge in [-0.3, -0.25) is 0 Å². The predicted octanol–water partition coefficient (Wildman–Crippen LogP) is 6.31. The summed E-state index contributed by atoms with van der Waals surface area (Å²) in [5, 5.41) is 5.18. The zero-order valence-electron chi connectivity index (χ0n) is 17.3. The molecule has 0 nitrogen and oxygen atoms in total. The van der Waals surface area contributed by atoms with E-state index in [0.29, 0.717) is 0 Å². The van der Waals surface area contributed by atoms with Crippen LogP contribution >= 0.6 is 0 Å². The molecule has 31 heavy (non-hydrogen) atoms. The zero-order chi connectivity index (χ0) is 20.6. The molecule has 0 heteroatoms. The van der Waals surface area contributed by atoms with Crippen molar-refractivity contribution in [3.05, 3.63) is 142 Å². The molecule has 0 aliphatic heterocycles. The molecule has 146 valence electrons. The zero-order valence-corrected chi connectivity index (χ0v) is 17.3. The normalized spacial score (nSPS) is 14.8. The fraction of sp³-hybridized carbons (Fsp3) is 0.0323. The second kappa shape index (κ2) is 7.41. The van der Waals surface area contributed by atoms with Crippen molar-refractivity contribution in [3.8, 4) is 11.1 Å². The molecule has 0 amide bonds. The van der Waals surface area contributed by atoms with Gasteiger partial charge in [0.15, 0.2) is 0 Å². The van der Waals surface area contributed by atoms with Crippen LogP contribution in [0.25, 0.3) is 33.5 Å². The molecule has 0 radical (unpaired) electrons. The molecule has 0 spiro atoms. The van der Waals surface area contributed by atoms with E-state index in [-0.39, 0.29) is 0 Å². The number of rotatable bonds is 2.